The first-order chi connectivity index (χ1) is 14.9. The van der Waals surface area contributed by atoms with Gasteiger partial charge in [0.05, 0.1) is 5.69 Å². The summed E-state index contributed by atoms with van der Waals surface area (Å²) in [5, 5.41) is 7.11. The number of rotatable bonds is 5. The number of carbonyl (C=O) groups is 2. The lowest BCUT2D eigenvalue weighted by Gasteiger charge is -2.34. The Morgan fingerprint density at radius 2 is 1.87 bits per heavy atom. The van der Waals surface area contributed by atoms with Crippen LogP contribution in [0.25, 0.3) is 5.69 Å². The van der Waals surface area contributed by atoms with E-state index >= 15 is 0 Å². The Morgan fingerprint density at radius 1 is 1.10 bits per heavy atom. The fourth-order valence-corrected chi connectivity index (χ4v) is 4.05. The molecule has 2 heterocycles. The van der Waals surface area contributed by atoms with Crippen molar-refractivity contribution in [2.75, 3.05) is 11.9 Å². The molecule has 2 aromatic carbocycles. The number of hydrogen-bond acceptors (Lipinski definition) is 3. The van der Waals surface area contributed by atoms with Gasteiger partial charge in [-0.2, -0.15) is 5.10 Å². The molecular formula is C24H25FN4O2. The van der Waals surface area contributed by atoms with Gasteiger partial charge in [-0.25, -0.2) is 9.07 Å². The smallest absolute Gasteiger partial charge is 0.251 e. The second kappa shape index (κ2) is 8.71. The Hall–Kier alpha value is -3.48. The second-order valence-corrected chi connectivity index (χ2v) is 7.85. The predicted octanol–water partition coefficient (Wildman–Crippen LogP) is 4.32. The van der Waals surface area contributed by atoms with Crippen LogP contribution in [0.3, 0.4) is 0 Å². The first-order valence-electron chi connectivity index (χ1n) is 10.4. The van der Waals surface area contributed by atoms with Crippen molar-refractivity contribution >= 4 is 17.5 Å². The number of likely N-dealkylation sites (tertiary alicyclic amines) is 1. The van der Waals surface area contributed by atoms with E-state index in [1.165, 1.54) is 10.7 Å². The van der Waals surface area contributed by atoms with E-state index in [-0.39, 0.29) is 11.8 Å². The average molecular weight is 420 g/mol. The monoisotopic (exact) mass is 420 g/mol. The summed E-state index contributed by atoms with van der Waals surface area (Å²) in [4.78, 5) is 27.4. The fraction of sp³-hybridized carbons (Fsp3) is 0.292. The van der Waals surface area contributed by atoms with Crippen LogP contribution in [0.2, 0.25) is 0 Å². The zero-order chi connectivity index (χ0) is 22.0. The molecule has 1 aromatic heterocycles. The Balaban J connectivity index is 1.60. The van der Waals surface area contributed by atoms with Crippen LogP contribution >= 0.6 is 0 Å². The number of benzene rings is 2. The third-order valence-electron chi connectivity index (χ3n) is 5.49. The fourth-order valence-electron chi connectivity index (χ4n) is 4.05. The molecule has 1 fully saturated rings. The van der Waals surface area contributed by atoms with Gasteiger partial charge in [-0.3, -0.25) is 9.59 Å². The number of halogens is 1. The minimum Gasteiger partial charge on any atom is -0.327 e. The first-order valence-corrected chi connectivity index (χ1v) is 10.4. The van der Waals surface area contributed by atoms with E-state index in [4.69, 9.17) is 0 Å². The van der Waals surface area contributed by atoms with Crippen LogP contribution < -0.4 is 5.32 Å². The minimum absolute atomic E-state index is 0.0405. The number of aryl methyl sites for hydroxylation is 2. The molecule has 1 saturated heterocycles. The normalized spacial score (nSPS) is 15.1. The van der Waals surface area contributed by atoms with Crippen molar-refractivity contribution in [1.82, 2.24) is 14.7 Å². The molecule has 1 unspecified atom stereocenters. The van der Waals surface area contributed by atoms with Crippen LogP contribution in [0, 0.1) is 19.7 Å². The Morgan fingerprint density at radius 3 is 2.52 bits per heavy atom. The van der Waals surface area contributed by atoms with Crippen molar-refractivity contribution in [3.63, 3.8) is 0 Å². The highest BCUT2D eigenvalue weighted by atomic mass is 19.1. The van der Waals surface area contributed by atoms with Crippen LogP contribution in [0.5, 0.6) is 0 Å². The number of anilines is 1. The topological polar surface area (TPSA) is 67.2 Å². The number of carbonyl (C=O) groups excluding carboxylic acids is 2. The molecule has 0 spiro atoms. The first kappa shape index (κ1) is 20.8. The van der Waals surface area contributed by atoms with Gasteiger partial charge < -0.3 is 10.2 Å². The summed E-state index contributed by atoms with van der Waals surface area (Å²) >= 11 is 0. The number of nitrogens with one attached hydrogen (secondary N) is 1. The number of nitrogens with zero attached hydrogens (tertiary/aromatic N) is 3. The molecule has 1 aliphatic rings. The van der Waals surface area contributed by atoms with E-state index in [0.29, 0.717) is 24.3 Å². The van der Waals surface area contributed by atoms with Crippen LogP contribution in [-0.2, 0) is 9.59 Å². The highest BCUT2D eigenvalue weighted by molar-refractivity contribution is 5.98. The van der Waals surface area contributed by atoms with Gasteiger partial charge in [0, 0.05) is 24.3 Å². The summed E-state index contributed by atoms with van der Waals surface area (Å²) in [7, 11) is 0. The summed E-state index contributed by atoms with van der Waals surface area (Å²) in [6.07, 6.45) is 2.12. The molecule has 1 atom stereocenters. The maximum absolute atomic E-state index is 14.8. The third-order valence-corrected chi connectivity index (χ3v) is 5.49. The Bertz CT molecular complexity index is 1110. The lowest BCUT2D eigenvalue weighted by Crippen LogP contribution is -2.43. The summed E-state index contributed by atoms with van der Waals surface area (Å²) in [6.45, 7) is 4.23. The number of piperidine rings is 1. The van der Waals surface area contributed by atoms with Gasteiger partial charge >= 0.3 is 0 Å². The average Bonchev–Trinajstić information content (AvgIpc) is 3.08. The van der Waals surface area contributed by atoms with E-state index in [9.17, 15) is 14.0 Å². The third kappa shape index (κ3) is 4.35. The molecule has 6 nitrogen and oxygen atoms in total. The molecule has 1 aliphatic heterocycles. The van der Waals surface area contributed by atoms with Crippen molar-refractivity contribution in [3.8, 4) is 5.69 Å². The molecule has 0 aliphatic carbocycles. The van der Waals surface area contributed by atoms with E-state index in [1.807, 2.05) is 50.2 Å². The second-order valence-electron chi connectivity index (χ2n) is 7.85. The van der Waals surface area contributed by atoms with Crippen LogP contribution in [0.15, 0.2) is 54.6 Å². The van der Waals surface area contributed by atoms with Crippen LogP contribution in [-0.4, -0.2) is 33.0 Å². The minimum atomic E-state index is -0.757. The van der Waals surface area contributed by atoms with E-state index in [1.54, 1.807) is 17.0 Å². The largest absolute Gasteiger partial charge is 0.327 e. The maximum Gasteiger partial charge on any atom is 0.251 e. The molecule has 160 valence electrons. The van der Waals surface area contributed by atoms with Gasteiger partial charge in [0.25, 0.3) is 5.91 Å². The molecule has 0 radical (unpaired) electrons. The predicted molar refractivity (Wildman–Crippen MR) is 116 cm³/mol. The lowest BCUT2D eigenvalue weighted by molar-refractivity contribution is -0.141. The molecule has 0 saturated carbocycles. The quantitative estimate of drug-likeness (QED) is 0.668. The van der Waals surface area contributed by atoms with E-state index < -0.39 is 11.9 Å². The zero-order valence-corrected chi connectivity index (χ0v) is 17.6. The van der Waals surface area contributed by atoms with Crippen molar-refractivity contribution in [2.24, 2.45) is 0 Å². The molecule has 1 N–H and O–H groups in total. The molecule has 7 heteroatoms. The van der Waals surface area contributed by atoms with Crippen molar-refractivity contribution < 1.29 is 14.0 Å². The maximum atomic E-state index is 14.8. The van der Waals surface area contributed by atoms with Gasteiger partial charge in [0.1, 0.15) is 11.7 Å². The highest BCUT2D eigenvalue weighted by Crippen LogP contribution is 2.28. The standard InChI is InChI=1S/C24H25FN4O2/c1-16-14-17(2)29(27-16)21-12-11-19(15-20(21)25)26-24(31)23(18-8-4-3-5-9-18)28-13-7-6-10-22(28)30/h3-5,8-9,11-12,14-15,23H,6-7,10,13H2,1-2H3,(H,26,31). The van der Waals surface area contributed by atoms with Crippen molar-refractivity contribution in [3.05, 3.63) is 77.4 Å². The van der Waals surface area contributed by atoms with Crippen LogP contribution in [0.1, 0.15) is 42.3 Å². The van der Waals surface area contributed by atoms with Gasteiger partial charge in [0.2, 0.25) is 5.91 Å². The Kier molecular flexibility index (Phi) is 5.84. The molecule has 3 aromatic rings. The number of aromatic nitrogens is 2. The Labute approximate surface area is 180 Å². The number of hydrogen-bond donors (Lipinski definition) is 1. The molecule has 31 heavy (non-hydrogen) atoms. The van der Waals surface area contributed by atoms with Crippen molar-refractivity contribution in [2.45, 2.75) is 39.2 Å². The van der Waals surface area contributed by atoms with E-state index in [2.05, 4.69) is 10.4 Å². The summed E-state index contributed by atoms with van der Waals surface area (Å²) in [5.41, 5.74) is 3.00. The van der Waals surface area contributed by atoms with E-state index in [0.717, 1.165) is 29.8 Å². The number of amides is 2. The summed E-state index contributed by atoms with van der Waals surface area (Å²) in [6, 6.07) is 14.8. The van der Waals surface area contributed by atoms with Crippen molar-refractivity contribution in [1.29, 1.82) is 0 Å². The lowest BCUT2D eigenvalue weighted by atomic mass is 10.0. The highest BCUT2D eigenvalue weighted by Gasteiger charge is 2.32. The SMILES string of the molecule is Cc1cc(C)n(-c2ccc(NC(=O)C(c3ccccc3)N3CCCCC3=O)cc2F)n1. The van der Waals surface area contributed by atoms with Gasteiger partial charge in [0.15, 0.2) is 5.82 Å². The summed E-state index contributed by atoms with van der Waals surface area (Å²) in [5.74, 6) is -0.893. The molecule has 4 rings (SSSR count). The van der Waals surface area contributed by atoms with Gasteiger partial charge in [-0.15, -0.1) is 0 Å². The summed E-state index contributed by atoms with van der Waals surface area (Å²) < 4.78 is 16.4. The molecule has 2 amide bonds. The molecular weight excluding hydrogens is 395 g/mol. The van der Waals surface area contributed by atoms with Gasteiger partial charge in [-0.1, -0.05) is 30.3 Å². The van der Waals surface area contributed by atoms with Gasteiger partial charge in [-0.05, 0) is 56.5 Å². The van der Waals surface area contributed by atoms with Crippen LogP contribution in [0.4, 0.5) is 10.1 Å². The molecule has 0 bridgehead atoms. The zero-order valence-electron chi connectivity index (χ0n) is 17.6.